The predicted octanol–water partition coefficient (Wildman–Crippen LogP) is 2.08. The molecule has 0 saturated carbocycles. The number of hydrogen-bond donors (Lipinski definition) is 2. The summed E-state index contributed by atoms with van der Waals surface area (Å²) in [7, 11) is 1.56. The Morgan fingerprint density at radius 2 is 1.68 bits per heavy atom. The Kier molecular flexibility index (Phi) is 6.69. The zero-order valence-electron chi connectivity index (χ0n) is 13.3. The topological polar surface area (TPSA) is 84.9 Å². The lowest BCUT2D eigenvalue weighted by atomic mass is 10.0. The lowest BCUT2D eigenvalue weighted by molar-refractivity contribution is -0.143. The summed E-state index contributed by atoms with van der Waals surface area (Å²) < 4.78 is 10.5. The first-order chi connectivity index (χ1) is 10.3. The SMILES string of the molecule is COc1ccc(OC(C)C(=O)N[C@H](CC(C)C)C(=O)O)cc1. The van der Waals surface area contributed by atoms with Crippen LogP contribution < -0.4 is 14.8 Å². The number of methoxy groups -OCH3 is 1. The van der Waals surface area contributed by atoms with Crippen LogP contribution in [0.5, 0.6) is 11.5 Å². The molecule has 2 atom stereocenters. The largest absolute Gasteiger partial charge is 0.497 e. The molecule has 0 bridgehead atoms. The third-order valence-corrected chi connectivity index (χ3v) is 3.06. The number of amides is 1. The maximum atomic E-state index is 12.0. The van der Waals surface area contributed by atoms with E-state index in [4.69, 9.17) is 14.6 Å². The van der Waals surface area contributed by atoms with Gasteiger partial charge in [0.15, 0.2) is 6.10 Å². The van der Waals surface area contributed by atoms with Crippen molar-refractivity contribution in [2.24, 2.45) is 5.92 Å². The zero-order valence-corrected chi connectivity index (χ0v) is 13.3. The second-order valence-corrected chi connectivity index (χ2v) is 5.46. The summed E-state index contributed by atoms with van der Waals surface area (Å²) >= 11 is 0. The average Bonchev–Trinajstić information content (AvgIpc) is 2.46. The molecule has 0 spiro atoms. The van der Waals surface area contributed by atoms with Gasteiger partial charge in [-0.1, -0.05) is 13.8 Å². The van der Waals surface area contributed by atoms with E-state index in [2.05, 4.69) is 5.32 Å². The van der Waals surface area contributed by atoms with Crippen LogP contribution in [0.25, 0.3) is 0 Å². The lowest BCUT2D eigenvalue weighted by Gasteiger charge is -2.20. The van der Waals surface area contributed by atoms with Gasteiger partial charge in [0, 0.05) is 0 Å². The number of carboxylic acid groups (broad SMARTS) is 1. The molecule has 1 aromatic rings. The van der Waals surface area contributed by atoms with Crippen molar-refractivity contribution in [1.29, 1.82) is 0 Å². The minimum Gasteiger partial charge on any atom is -0.497 e. The number of ether oxygens (including phenoxy) is 2. The Morgan fingerprint density at radius 1 is 1.14 bits per heavy atom. The van der Waals surface area contributed by atoms with Crippen LogP contribution in [-0.2, 0) is 9.59 Å². The number of benzene rings is 1. The second-order valence-electron chi connectivity index (χ2n) is 5.46. The number of carbonyl (C=O) groups is 2. The Hall–Kier alpha value is -2.24. The Labute approximate surface area is 130 Å². The molecule has 0 aliphatic rings. The number of hydrogen-bond acceptors (Lipinski definition) is 4. The summed E-state index contributed by atoms with van der Waals surface area (Å²) in [6, 6.07) is 5.91. The maximum Gasteiger partial charge on any atom is 0.326 e. The summed E-state index contributed by atoms with van der Waals surface area (Å²) in [6.07, 6.45) is -0.418. The molecule has 1 aromatic carbocycles. The molecular formula is C16H23NO5. The highest BCUT2D eigenvalue weighted by atomic mass is 16.5. The van der Waals surface area contributed by atoms with Crippen LogP contribution >= 0.6 is 0 Å². The van der Waals surface area contributed by atoms with E-state index in [1.165, 1.54) is 0 Å². The fourth-order valence-electron chi connectivity index (χ4n) is 1.89. The van der Waals surface area contributed by atoms with E-state index >= 15 is 0 Å². The number of rotatable bonds is 8. The fraction of sp³-hybridized carbons (Fsp3) is 0.500. The molecule has 1 rings (SSSR count). The molecule has 0 heterocycles. The molecule has 22 heavy (non-hydrogen) atoms. The highest BCUT2D eigenvalue weighted by Gasteiger charge is 2.24. The molecule has 122 valence electrons. The van der Waals surface area contributed by atoms with Crippen molar-refractivity contribution in [3.8, 4) is 11.5 Å². The van der Waals surface area contributed by atoms with Crippen LogP contribution in [0.3, 0.4) is 0 Å². The van der Waals surface area contributed by atoms with Crippen LogP contribution in [-0.4, -0.2) is 36.2 Å². The standard InChI is InChI=1S/C16H23NO5/c1-10(2)9-14(16(19)20)17-15(18)11(3)22-13-7-5-12(21-4)6-8-13/h5-8,10-11,14H,9H2,1-4H3,(H,17,18)(H,19,20)/t11?,14-/m1/s1. The molecule has 0 aliphatic heterocycles. The van der Waals surface area contributed by atoms with E-state index in [0.717, 1.165) is 0 Å². The van der Waals surface area contributed by atoms with Crippen molar-refractivity contribution in [3.63, 3.8) is 0 Å². The highest BCUT2D eigenvalue weighted by molar-refractivity contribution is 5.86. The third kappa shape index (κ3) is 5.63. The van der Waals surface area contributed by atoms with E-state index in [1.54, 1.807) is 38.3 Å². The summed E-state index contributed by atoms with van der Waals surface area (Å²) in [5, 5.41) is 11.6. The maximum absolute atomic E-state index is 12.0. The first kappa shape index (κ1) is 17.8. The molecule has 1 unspecified atom stereocenters. The number of carboxylic acids is 1. The monoisotopic (exact) mass is 309 g/mol. The first-order valence-corrected chi connectivity index (χ1v) is 7.17. The van der Waals surface area contributed by atoms with Crippen LogP contribution in [0.1, 0.15) is 27.2 Å². The van der Waals surface area contributed by atoms with Crippen molar-refractivity contribution in [1.82, 2.24) is 5.32 Å². The Bertz CT molecular complexity index is 498. The third-order valence-electron chi connectivity index (χ3n) is 3.06. The van der Waals surface area contributed by atoms with Crippen LogP contribution in [0, 0.1) is 5.92 Å². The summed E-state index contributed by atoms with van der Waals surface area (Å²) in [5.41, 5.74) is 0. The summed E-state index contributed by atoms with van der Waals surface area (Å²) in [5.74, 6) is -0.131. The van der Waals surface area contributed by atoms with Gasteiger partial charge in [-0.25, -0.2) is 4.79 Å². The number of carbonyl (C=O) groups excluding carboxylic acids is 1. The molecule has 0 aliphatic carbocycles. The van der Waals surface area contributed by atoms with Gasteiger partial charge in [0.2, 0.25) is 0 Å². The van der Waals surface area contributed by atoms with Crippen molar-refractivity contribution in [2.75, 3.05) is 7.11 Å². The van der Waals surface area contributed by atoms with Gasteiger partial charge >= 0.3 is 5.97 Å². The van der Waals surface area contributed by atoms with Gasteiger partial charge in [-0.3, -0.25) is 4.79 Å². The highest BCUT2D eigenvalue weighted by Crippen LogP contribution is 2.18. The predicted molar refractivity (Wildman–Crippen MR) is 82.1 cm³/mol. The van der Waals surface area contributed by atoms with Gasteiger partial charge in [0.25, 0.3) is 5.91 Å². The van der Waals surface area contributed by atoms with Gasteiger partial charge in [-0.15, -0.1) is 0 Å². The fourth-order valence-corrected chi connectivity index (χ4v) is 1.89. The quantitative estimate of drug-likeness (QED) is 0.768. The smallest absolute Gasteiger partial charge is 0.326 e. The molecule has 0 aromatic heterocycles. The van der Waals surface area contributed by atoms with Gasteiger partial charge in [-0.05, 0) is 43.5 Å². The Morgan fingerprint density at radius 3 is 2.14 bits per heavy atom. The normalized spacial score (nSPS) is 13.3. The van der Waals surface area contributed by atoms with Gasteiger partial charge in [0.05, 0.1) is 7.11 Å². The van der Waals surface area contributed by atoms with E-state index in [9.17, 15) is 9.59 Å². The summed E-state index contributed by atoms with van der Waals surface area (Å²) in [6.45, 7) is 5.38. The molecule has 6 heteroatoms. The molecule has 2 N–H and O–H groups in total. The van der Waals surface area contributed by atoms with Gasteiger partial charge in [-0.2, -0.15) is 0 Å². The minimum absolute atomic E-state index is 0.166. The second kappa shape index (κ2) is 8.26. The van der Waals surface area contributed by atoms with Crippen LogP contribution in [0.2, 0.25) is 0 Å². The number of aliphatic carboxylic acids is 1. The Balaban J connectivity index is 2.61. The average molecular weight is 309 g/mol. The molecule has 0 saturated heterocycles. The zero-order chi connectivity index (χ0) is 16.7. The molecule has 6 nitrogen and oxygen atoms in total. The molecule has 0 radical (unpaired) electrons. The molecule has 0 fully saturated rings. The lowest BCUT2D eigenvalue weighted by Crippen LogP contribution is -2.46. The molecular weight excluding hydrogens is 286 g/mol. The molecule has 1 amide bonds. The first-order valence-electron chi connectivity index (χ1n) is 7.17. The van der Waals surface area contributed by atoms with Crippen molar-refractivity contribution in [3.05, 3.63) is 24.3 Å². The van der Waals surface area contributed by atoms with E-state index < -0.39 is 24.0 Å². The van der Waals surface area contributed by atoms with Crippen LogP contribution in [0.15, 0.2) is 24.3 Å². The van der Waals surface area contributed by atoms with E-state index in [0.29, 0.717) is 17.9 Å². The number of nitrogens with one attached hydrogen (secondary N) is 1. The summed E-state index contributed by atoms with van der Waals surface area (Å²) in [4.78, 5) is 23.2. The van der Waals surface area contributed by atoms with Gasteiger partial charge < -0.3 is 19.9 Å². The van der Waals surface area contributed by atoms with E-state index in [1.807, 2.05) is 13.8 Å². The van der Waals surface area contributed by atoms with E-state index in [-0.39, 0.29) is 5.92 Å². The van der Waals surface area contributed by atoms with Crippen molar-refractivity contribution >= 4 is 11.9 Å². The van der Waals surface area contributed by atoms with Crippen molar-refractivity contribution < 1.29 is 24.2 Å². The van der Waals surface area contributed by atoms with Gasteiger partial charge in [0.1, 0.15) is 17.5 Å². The van der Waals surface area contributed by atoms with Crippen LogP contribution in [0.4, 0.5) is 0 Å². The van der Waals surface area contributed by atoms with Crippen molar-refractivity contribution in [2.45, 2.75) is 39.3 Å². The minimum atomic E-state index is -1.04.